The van der Waals surface area contributed by atoms with Crippen molar-refractivity contribution in [3.63, 3.8) is 0 Å². The smallest absolute Gasteiger partial charge is 0.0880 e. The van der Waals surface area contributed by atoms with E-state index in [1.54, 1.807) is 12.4 Å². The van der Waals surface area contributed by atoms with Crippen molar-refractivity contribution in [3.8, 4) is 11.4 Å². The van der Waals surface area contributed by atoms with Crippen molar-refractivity contribution < 1.29 is 17.1 Å². The van der Waals surface area contributed by atoms with Gasteiger partial charge in [0.25, 0.3) is 0 Å². The minimum Gasteiger partial charge on any atom is -0.276 e. The first kappa shape index (κ1) is 8.97. The van der Waals surface area contributed by atoms with E-state index >= 15 is 0 Å². The fraction of sp³-hybridized carbons (Fsp3) is 0. The summed E-state index contributed by atoms with van der Waals surface area (Å²) < 4.78 is 0. The summed E-state index contributed by atoms with van der Waals surface area (Å²) in [6.07, 6.45) is 3.47. The molecule has 0 aliphatic heterocycles. The molecule has 0 saturated heterocycles. The van der Waals surface area contributed by atoms with Gasteiger partial charge < -0.3 is 0 Å². The van der Waals surface area contributed by atoms with Gasteiger partial charge in [0.05, 0.1) is 11.4 Å². The molecule has 3 nitrogen and oxygen atoms in total. The van der Waals surface area contributed by atoms with E-state index in [2.05, 4.69) is 15.2 Å². The van der Waals surface area contributed by atoms with Crippen LogP contribution in [0, 0.1) is 0 Å². The number of aromatic nitrogens is 3. The zero-order valence-electron chi connectivity index (χ0n) is 6.16. The zero-order valence-corrected chi connectivity index (χ0v) is 7.10. The molecule has 2 rings (SSSR count). The molecule has 0 unspecified atom stereocenters. The van der Waals surface area contributed by atoms with Crippen LogP contribution in [-0.2, 0) is 17.1 Å². The van der Waals surface area contributed by atoms with Crippen LogP contribution in [0.25, 0.3) is 11.4 Å². The average molecular weight is 209 g/mol. The van der Waals surface area contributed by atoms with Gasteiger partial charge in [-0.1, -0.05) is 6.07 Å². The Labute approximate surface area is 80.7 Å². The Morgan fingerprint density at radius 3 is 2.58 bits per heavy atom. The molecule has 65 valence electrons. The molecule has 0 amide bonds. The molecule has 0 spiro atoms. The first-order valence-corrected chi connectivity index (χ1v) is 3.37. The summed E-state index contributed by atoms with van der Waals surface area (Å²) in [7, 11) is 0. The summed E-state index contributed by atoms with van der Waals surface area (Å²) in [5.41, 5.74) is 1.87. The van der Waals surface area contributed by atoms with Crippen molar-refractivity contribution in [3.05, 3.63) is 36.7 Å². The molecule has 4 heteroatoms. The summed E-state index contributed by atoms with van der Waals surface area (Å²) >= 11 is 0. The van der Waals surface area contributed by atoms with Crippen LogP contribution in [0.5, 0.6) is 0 Å². The average Bonchev–Trinajstić information content (AvgIpc) is 2.58. The maximum Gasteiger partial charge on any atom is 0.0880 e. The molecule has 0 aliphatic rings. The van der Waals surface area contributed by atoms with E-state index in [1.165, 1.54) is 0 Å². The molecule has 0 aromatic carbocycles. The number of H-pyrrole nitrogens is 1. The van der Waals surface area contributed by atoms with Crippen LogP contribution in [-0.4, -0.2) is 15.2 Å². The van der Waals surface area contributed by atoms with Gasteiger partial charge in [-0.25, -0.2) is 0 Å². The zero-order chi connectivity index (χ0) is 7.52. The Morgan fingerprint density at radius 1 is 1.08 bits per heavy atom. The van der Waals surface area contributed by atoms with Crippen molar-refractivity contribution in [1.29, 1.82) is 0 Å². The Balaban J connectivity index is 0.000000720. The fourth-order valence-corrected chi connectivity index (χ4v) is 0.921. The number of pyridine rings is 1. The van der Waals surface area contributed by atoms with Crippen LogP contribution in [0.4, 0.5) is 0 Å². The fourth-order valence-electron chi connectivity index (χ4n) is 0.921. The Morgan fingerprint density at radius 2 is 2.00 bits per heavy atom. The minimum absolute atomic E-state index is 0. The van der Waals surface area contributed by atoms with E-state index in [9.17, 15) is 0 Å². The van der Waals surface area contributed by atoms with Crippen LogP contribution in [0.1, 0.15) is 0 Å². The van der Waals surface area contributed by atoms with Gasteiger partial charge in [0.1, 0.15) is 0 Å². The number of aromatic amines is 1. The number of nitrogens with one attached hydrogen (secondary N) is 1. The first-order chi connectivity index (χ1) is 5.47. The van der Waals surface area contributed by atoms with Gasteiger partial charge >= 0.3 is 0 Å². The molecule has 2 aromatic heterocycles. The van der Waals surface area contributed by atoms with E-state index in [-0.39, 0.29) is 17.1 Å². The molecule has 0 bridgehead atoms. The molecule has 0 atom stereocenters. The van der Waals surface area contributed by atoms with Crippen LogP contribution < -0.4 is 0 Å². The predicted molar refractivity (Wildman–Crippen MR) is 41.8 cm³/mol. The van der Waals surface area contributed by atoms with Crippen molar-refractivity contribution in [2.75, 3.05) is 0 Å². The summed E-state index contributed by atoms with van der Waals surface area (Å²) in [6.45, 7) is 0. The number of hydrogen-bond acceptors (Lipinski definition) is 2. The Kier molecular flexibility index (Phi) is 3.02. The van der Waals surface area contributed by atoms with Crippen LogP contribution >= 0.6 is 0 Å². The van der Waals surface area contributed by atoms with Crippen molar-refractivity contribution >= 4 is 0 Å². The van der Waals surface area contributed by atoms with Gasteiger partial charge in [0.2, 0.25) is 0 Å². The predicted octanol–water partition coefficient (Wildman–Crippen LogP) is 1.47. The van der Waals surface area contributed by atoms with Gasteiger partial charge in [0.15, 0.2) is 0 Å². The van der Waals surface area contributed by atoms with Crippen molar-refractivity contribution in [2.45, 2.75) is 0 Å². The van der Waals surface area contributed by atoms with E-state index < -0.39 is 0 Å². The quantitative estimate of drug-likeness (QED) is 0.722. The summed E-state index contributed by atoms with van der Waals surface area (Å²) in [5.74, 6) is 0. The topological polar surface area (TPSA) is 41.6 Å². The molecule has 12 heavy (non-hydrogen) atoms. The third-order valence-corrected chi connectivity index (χ3v) is 1.44. The van der Waals surface area contributed by atoms with E-state index in [1.807, 2.05) is 24.3 Å². The second-order valence-electron chi connectivity index (χ2n) is 2.19. The monoisotopic (exact) mass is 208 g/mol. The molecule has 0 saturated carbocycles. The summed E-state index contributed by atoms with van der Waals surface area (Å²) in [4.78, 5) is 4.15. The molecular weight excluding hydrogens is 202 g/mol. The van der Waals surface area contributed by atoms with Gasteiger partial charge in [0, 0.05) is 29.5 Å². The second-order valence-corrected chi connectivity index (χ2v) is 2.19. The summed E-state index contributed by atoms with van der Waals surface area (Å²) in [6, 6.07) is 7.67. The van der Waals surface area contributed by atoms with Crippen molar-refractivity contribution in [2.24, 2.45) is 0 Å². The standard InChI is InChI=1S/C8H7N3.Cu/c1-2-5-9-7(3-1)8-4-6-10-11-8;/h1-6H,(H,10,11);. The van der Waals surface area contributed by atoms with Crippen LogP contribution in [0.3, 0.4) is 0 Å². The molecular formula is C8H7CuN3. The SMILES string of the molecule is [Cu].c1ccc(-c2ccn[nH]2)nc1. The largest absolute Gasteiger partial charge is 0.276 e. The van der Waals surface area contributed by atoms with Crippen LogP contribution in [0.2, 0.25) is 0 Å². The number of nitrogens with zero attached hydrogens (tertiary/aromatic N) is 2. The maximum atomic E-state index is 4.15. The molecule has 0 fully saturated rings. The van der Waals surface area contributed by atoms with E-state index in [0.29, 0.717) is 0 Å². The Hall–Kier alpha value is -1.12. The molecule has 1 N–H and O–H groups in total. The third-order valence-electron chi connectivity index (χ3n) is 1.44. The summed E-state index contributed by atoms with van der Waals surface area (Å²) in [5, 5.41) is 6.67. The molecule has 2 aromatic rings. The normalized spacial score (nSPS) is 9.00. The van der Waals surface area contributed by atoms with Gasteiger partial charge in [-0.15, -0.1) is 0 Å². The Bertz CT molecular complexity index is 317. The van der Waals surface area contributed by atoms with Crippen molar-refractivity contribution in [1.82, 2.24) is 15.2 Å². The van der Waals surface area contributed by atoms with Crippen LogP contribution in [0.15, 0.2) is 36.7 Å². The van der Waals surface area contributed by atoms with E-state index in [0.717, 1.165) is 11.4 Å². The minimum atomic E-state index is 0. The number of hydrogen-bond donors (Lipinski definition) is 1. The van der Waals surface area contributed by atoms with Gasteiger partial charge in [-0.2, -0.15) is 5.10 Å². The van der Waals surface area contributed by atoms with E-state index in [4.69, 9.17) is 0 Å². The first-order valence-electron chi connectivity index (χ1n) is 3.37. The van der Waals surface area contributed by atoms with Gasteiger partial charge in [-0.05, 0) is 18.2 Å². The second kappa shape index (κ2) is 4.04. The third kappa shape index (κ3) is 1.72. The van der Waals surface area contributed by atoms with Gasteiger partial charge in [-0.3, -0.25) is 10.1 Å². The maximum absolute atomic E-state index is 4.15. The molecule has 1 radical (unpaired) electrons. The molecule has 0 aliphatic carbocycles. The molecule has 2 heterocycles. The number of rotatable bonds is 1.